The Hall–Kier alpha value is -1.29. The number of nitrogens with zero attached hydrogens (tertiary/aromatic N) is 2. The van der Waals surface area contributed by atoms with Crippen LogP contribution >= 0.6 is 34.7 Å². The third-order valence-electron chi connectivity index (χ3n) is 2.96. The van der Waals surface area contributed by atoms with Crippen molar-refractivity contribution in [3.8, 4) is 18.0 Å². The normalized spacial score (nSPS) is 12.9. The van der Waals surface area contributed by atoms with Crippen molar-refractivity contribution in [3.05, 3.63) is 37.6 Å². The lowest BCUT2D eigenvalue weighted by atomic mass is 9.98. The van der Waals surface area contributed by atoms with Crippen LogP contribution in [0, 0.1) is 18.2 Å². The molecule has 1 heterocycles. The Balaban J connectivity index is 2.56. The first-order chi connectivity index (χ1) is 10.6. The Labute approximate surface area is 147 Å². The summed E-state index contributed by atoms with van der Waals surface area (Å²) >= 11 is 8.42. The molecule has 0 saturated heterocycles. The number of terminal acetylenes is 1. The van der Waals surface area contributed by atoms with Crippen molar-refractivity contribution < 1.29 is 4.39 Å². The second-order valence-electron chi connectivity index (χ2n) is 6.00. The second-order valence-corrected chi connectivity index (χ2v) is 8.73. The lowest BCUT2D eigenvalue weighted by molar-refractivity contribution is 0.561. The smallest absolute Gasteiger partial charge is 0.255 e. The molecule has 1 atom stereocenters. The Morgan fingerprint density at radius 2 is 2.13 bits per heavy atom. The van der Waals surface area contributed by atoms with Gasteiger partial charge in [-0.25, -0.2) is 4.39 Å². The van der Waals surface area contributed by atoms with Gasteiger partial charge in [-0.3, -0.25) is 4.79 Å². The molecular formula is C16H16ClFN2OS2. The van der Waals surface area contributed by atoms with Crippen LogP contribution in [-0.4, -0.2) is 15.0 Å². The van der Waals surface area contributed by atoms with E-state index in [2.05, 4.69) is 11.0 Å². The number of hydrogen-bond acceptors (Lipinski definition) is 4. The summed E-state index contributed by atoms with van der Waals surface area (Å²) in [5, 5.41) is 5.05. The first kappa shape index (κ1) is 18.1. The van der Waals surface area contributed by atoms with Crippen LogP contribution in [0.15, 0.2) is 21.8 Å². The van der Waals surface area contributed by atoms with Gasteiger partial charge in [0.2, 0.25) is 0 Å². The fourth-order valence-corrected chi connectivity index (χ4v) is 3.63. The molecule has 0 N–H and O–H groups in total. The molecule has 1 unspecified atom stereocenters. The molecular weight excluding hydrogens is 355 g/mol. The Bertz CT molecular complexity index is 830. The largest absolute Gasteiger partial charge is 0.329 e. The Kier molecular flexibility index (Phi) is 5.24. The average molecular weight is 371 g/mol. The standard InChI is InChI=1S/C16H16ClFN2OS2/c1-6-9(2)22-13-8-12(11(18)7-10(13)17)20-15(21)23-14(19-20)16(3,4)5/h1,7-9H,2-5H3. The molecule has 23 heavy (non-hydrogen) atoms. The van der Waals surface area contributed by atoms with Crippen molar-refractivity contribution in [2.75, 3.05) is 0 Å². The van der Waals surface area contributed by atoms with Crippen LogP contribution in [0.1, 0.15) is 32.7 Å². The molecule has 1 aromatic carbocycles. The van der Waals surface area contributed by atoms with Gasteiger partial charge in [-0.1, -0.05) is 49.6 Å². The minimum absolute atomic E-state index is 0.0814. The minimum Gasteiger partial charge on any atom is -0.255 e. The zero-order valence-electron chi connectivity index (χ0n) is 13.2. The zero-order chi connectivity index (χ0) is 17.4. The van der Waals surface area contributed by atoms with E-state index in [-0.39, 0.29) is 26.2 Å². The lowest BCUT2D eigenvalue weighted by Gasteiger charge is -2.13. The van der Waals surface area contributed by atoms with E-state index >= 15 is 0 Å². The van der Waals surface area contributed by atoms with Crippen molar-refractivity contribution in [2.45, 2.75) is 43.3 Å². The van der Waals surface area contributed by atoms with Crippen LogP contribution in [0.25, 0.3) is 5.69 Å². The Morgan fingerprint density at radius 3 is 2.65 bits per heavy atom. The topological polar surface area (TPSA) is 34.9 Å². The fraction of sp³-hybridized carbons (Fsp3) is 0.375. The number of thioether (sulfide) groups is 1. The molecule has 0 aliphatic rings. The van der Waals surface area contributed by atoms with Crippen LogP contribution in [-0.2, 0) is 5.41 Å². The van der Waals surface area contributed by atoms with E-state index in [4.69, 9.17) is 18.0 Å². The van der Waals surface area contributed by atoms with Crippen molar-refractivity contribution in [1.82, 2.24) is 9.78 Å². The van der Waals surface area contributed by atoms with E-state index in [1.54, 1.807) is 0 Å². The summed E-state index contributed by atoms with van der Waals surface area (Å²) in [6.07, 6.45) is 5.37. The molecule has 7 heteroatoms. The highest BCUT2D eigenvalue weighted by Crippen LogP contribution is 2.33. The van der Waals surface area contributed by atoms with Crippen LogP contribution < -0.4 is 4.87 Å². The second kappa shape index (κ2) is 6.68. The van der Waals surface area contributed by atoms with Gasteiger partial charge in [0.05, 0.1) is 10.3 Å². The van der Waals surface area contributed by atoms with Crippen LogP contribution in [0.2, 0.25) is 5.02 Å². The van der Waals surface area contributed by atoms with E-state index in [1.807, 2.05) is 27.7 Å². The van der Waals surface area contributed by atoms with Crippen molar-refractivity contribution >= 4 is 34.7 Å². The minimum atomic E-state index is -0.597. The summed E-state index contributed by atoms with van der Waals surface area (Å²) in [6.45, 7) is 7.69. The molecule has 2 rings (SSSR count). The molecule has 0 bridgehead atoms. The van der Waals surface area contributed by atoms with Gasteiger partial charge in [-0.15, -0.1) is 18.2 Å². The van der Waals surface area contributed by atoms with E-state index in [9.17, 15) is 9.18 Å². The van der Waals surface area contributed by atoms with Gasteiger partial charge in [-0.05, 0) is 19.1 Å². The third-order valence-corrected chi connectivity index (χ3v) is 5.70. The van der Waals surface area contributed by atoms with Gasteiger partial charge in [0.1, 0.15) is 10.7 Å². The molecule has 0 fully saturated rings. The van der Waals surface area contributed by atoms with E-state index in [0.717, 1.165) is 16.0 Å². The predicted octanol–water partition coefficient (Wildman–Crippen LogP) is 4.50. The van der Waals surface area contributed by atoms with Crippen molar-refractivity contribution in [2.24, 2.45) is 0 Å². The highest BCUT2D eigenvalue weighted by atomic mass is 35.5. The summed E-state index contributed by atoms with van der Waals surface area (Å²) in [5.74, 6) is 1.98. The van der Waals surface area contributed by atoms with Crippen LogP contribution in [0.4, 0.5) is 4.39 Å². The fourth-order valence-electron chi connectivity index (χ4n) is 1.73. The zero-order valence-corrected chi connectivity index (χ0v) is 15.6. The average Bonchev–Trinajstić information content (AvgIpc) is 2.83. The molecule has 0 aliphatic carbocycles. The maximum absolute atomic E-state index is 14.3. The summed E-state index contributed by atoms with van der Waals surface area (Å²) < 4.78 is 15.4. The van der Waals surface area contributed by atoms with Crippen molar-refractivity contribution in [1.29, 1.82) is 0 Å². The number of rotatable bonds is 3. The Morgan fingerprint density at radius 1 is 1.48 bits per heavy atom. The van der Waals surface area contributed by atoms with E-state index in [0.29, 0.717) is 9.90 Å². The van der Waals surface area contributed by atoms with Gasteiger partial charge < -0.3 is 0 Å². The highest BCUT2D eigenvalue weighted by molar-refractivity contribution is 8.00. The monoisotopic (exact) mass is 370 g/mol. The van der Waals surface area contributed by atoms with Gasteiger partial charge in [0.25, 0.3) is 0 Å². The number of benzene rings is 1. The first-order valence-corrected chi connectivity index (χ1v) is 8.93. The predicted molar refractivity (Wildman–Crippen MR) is 95.5 cm³/mol. The quantitative estimate of drug-likeness (QED) is 0.589. The van der Waals surface area contributed by atoms with Crippen LogP contribution in [0.5, 0.6) is 0 Å². The van der Waals surface area contributed by atoms with Gasteiger partial charge in [0.15, 0.2) is 5.82 Å². The first-order valence-electron chi connectivity index (χ1n) is 6.86. The molecule has 2 aromatic rings. The molecule has 0 amide bonds. The van der Waals surface area contributed by atoms with Gasteiger partial charge in [-0.2, -0.15) is 9.78 Å². The molecule has 0 radical (unpaired) electrons. The maximum atomic E-state index is 14.3. The van der Waals surface area contributed by atoms with E-state index in [1.165, 1.54) is 23.9 Å². The SMILES string of the molecule is C#CC(C)Sc1cc(-n2nc(C(C)(C)C)sc2=O)c(F)cc1Cl. The molecule has 0 saturated carbocycles. The molecule has 3 nitrogen and oxygen atoms in total. The lowest BCUT2D eigenvalue weighted by Crippen LogP contribution is -2.15. The third kappa shape index (κ3) is 3.97. The number of hydrogen-bond donors (Lipinski definition) is 0. The number of aromatic nitrogens is 2. The van der Waals surface area contributed by atoms with Gasteiger partial charge >= 0.3 is 4.87 Å². The summed E-state index contributed by atoms with van der Waals surface area (Å²) in [7, 11) is 0. The molecule has 1 aromatic heterocycles. The molecule has 0 aliphatic heterocycles. The summed E-state index contributed by atoms with van der Waals surface area (Å²) in [6, 6.07) is 2.70. The highest BCUT2D eigenvalue weighted by Gasteiger charge is 2.22. The molecule has 0 spiro atoms. The maximum Gasteiger partial charge on any atom is 0.329 e. The molecule has 122 valence electrons. The number of halogens is 2. The van der Waals surface area contributed by atoms with E-state index < -0.39 is 5.82 Å². The van der Waals surface area contributed by atoms with Crippen molar-refractivity contribution in [3.63, 3.8) is 0 Å². The summed E-state index contributed by atoms with van der Waals surface area (Å²) in [5.41, 5.74) is -0.203. The van der Waals surface area contributed by atoms with Crippen LogP contribution in [0.3, 0.4) is 0 Å². The summed E-state index contributed by atoms with van der Waals surface area (Å²) in [4.78, 5) is 12.5. The van der Waals surface area contributed by atoms with Gasteiger partial charge in [0, 0.05) is 10.3 Å².